The molecule has 1 atom stereocenters. The molecule has 0 aliphatic carbocycles. The normalized spacial score (nSPS) is 12.9. The number of amides is 2. The Bertz CT molecular complexity index is 1190. The van der Waals surface area contributed by atoms with Crippen LogP contribution < -0.4 is 10.6 Å². The van der Waals surface area contributed by atoms with Crippen molar-refractivity contribution in [3.63, 3.8) is 0 Å². The van der Waals surface area contributed by atoms with Crippen LogP contribution in [0.4, 0.5) is 5.13 Å². The van der Waals surface area contributed by atoms with Gasteiger partial charge in [-0.2, -0.15) is 0 Å². The number of thiazole rings is 1. The summed E-state index contributed by atoms with van der Waals surface area (Å²) in [5, 5.41) is 5.97. The number of anilines is 1. The van der Waals surface area contributed by atoms with Gasteiger partial charge in [0, 0.05) is 43.2 Å². The van der Waals surface area contributed by atoms with Crippen LogP contribution in [0.3, 0.4) is 0 Å². The number of ether oxygens (including phenoxy) is 1. The molecule has 0 saturated heterocycles. The molecule has 36 heavy (non-hydrogen) atoms. The van der Waals surface area contributed by atoms with Gasteiger partial charge in [0.05, 0.1) is 23.8 Å². The molecule has 0 fully saturated rings. The number of aryl methyl sites for hydroxylation is 1. The van der Waals surface area contributed by atoms with Crippen LogP contribution in [-0.2, 0) is 34.2 Å². The van der Waals surface area contributed by atoms with Gasteiger partial charge in [-0.05, 0) is 32.8 Å². The molecule has 0 aliphatic heterocycles. The van der Waals surface area contributed by atoms with E-state index >= 15 is 0 Å². The zero-order chi connectivity index (χ0) is 26.3. The van der Waals surface area contributed by atoms with E-state index in [9.17, 15) is 9.59 Å². The van der Waals surface area contributed by atoms with E-state index in [1.54, 1.807) is 35.6 Å². The highest BCUT2D eigenvalue weighted by atomic mass is 32.1. The molecule has 0 saturated carbocycles. The molecule has 0 bridgehead atoms. The summed E-state index contributed by atoms with van der Waals surface area (Å²) in [6.45, 7) is 9.67. The molecule has 2 amide bonds. The van der Waals surface area contributed by atoms with Crippen molar-refractivity contribution in [2.24, 2.45) is 13.0 Å². The van der Waals surface area contributed by atoms with E-state index in [4.69, 9.17) is 9.15 Å². The molecule has 0 aliphatic rings. The summed E-state index contributed by atoms with van der Waals surface area (Å²) in [4.78, 5) is 39.2. The number of carbonyl (C=O) groups is 2. The lowest BCUT2D eigenvalue weighted by molar-refractivity contribution is -0.133. The predicted molar refractivity (Wildman–Crippen MR) is 139 cm³/mol. The fourth-order valence-corrected chi connectivity index (χ4v) is 3.89. The molecule has 3 rings (SSSR count). The second-order valence-electron chi connectivity index (χ2n) is 9.91. The van der Waals surface area contributed by atoms with Gasteiger partial charge in [-0.3, -0.25) is 9.59 Å². The Kier molecular flexibility index (Phi) is 9.16. The van der Waals surface area contributed by atoms with Gasteiger partial charge in [-0.1, -0.05) is 25.2 Å². The average Bonchev–Trinajstić information content (AvgIpc) is 3.51. The van der Waals surface area contributed by atoms with Crippen molar-refractivity contribution in [3.8, 4) is 0 Å². The molecule has 3 aromatic heterocycles. The van der Waals surface area contributed by atoms with Crippen LogP contribution in [-0.4, -0.2) is 49.6 Å². The fourth-order valence-electron chi connectivity index (χ4n) is 3.17. The summed E-state index contributed by atoms with van der Waals surface area (Å²) in [6, 6.07) is -0.842. The first-order valence-corrected chi connectivity index (χ1v) is 12.6. The molecular weight excluding hydrogens is 480 g/mol. The lowest BCUT2D eigenvalue weighted by atomic mass is 10.1. The van der Waals surface area contributed by atoms with Gasteiger partial charge in [0.1, 0.15) is 18.4 Å². The van der Waals surface area contributed by atoms with Gasteiger partial charge in [-0.25, -0.2) is 15.0 Å². The molecular formula is C25H34N6O4S. The third-order valence-corrected chi connectivity index (χ3v) is 5.66. The minimum atomic E-state index is -0.842. The van der Waals surface area contributed by atoms with E-state index in [2.05, 4.69) is 39.4 Å². The summed E-state index contributed by atoms with van der Waals surface area (Å²) >= 11 is 1.30. The summed E-state index contributed by atoms with van der Waals surface area (Å²) in [5.41, 5.74) is 0.211. The van der Waals surface area contributed by atoms with Gasteiger partial charge in [0.25, 0.3) is 0 Å². The second-order valence-corrected chi connectivity index (χ2v) is 11.0. The maximum absolute atomic E-state index is 13.1. The van der Waals surface area contributed by atoms with Crippen molar-refractivity contribution in [2.75, 3.05) is 11.9 Å². The SMILES string of the molecule is CC(C)Cc1cnc(/C=C/c2cnc(NC(=O)[C@H](Cc3cn(C)cn3)NC(=O)COC(C)(C)C)s2)o1. The van der Waals surface area contributed by atoms with Crippen molar-refractivity contribution in [1.82, 2.24) is 24.8 Å². The lowest BCUT2D eigenvalue weighted by Gasteiger charge is -2.21. The zero-order valence-corrected chi connectivity index (χ0v) is 22.4. The van der Waals surface area contributed by atoms with E-state index in [1.165, 1.54) is 11.3 Å². The molecule has 10 nitrogen and oxygen atoms in total. The molecule has 11 heteroatoms. The van der Waals surface area contributed by atoms with E-state index in [1.807, 2.05) is 33.9 Å². The Morgan fingerprint density at radius 1 is 1.17 bits per heavy atom. The number of hydrogen-bond donors (Lipinski definition) is 2. The first-order chi connectivity index (χ1) is 17.0. The van der Waals surface area contributed by atoms with Crippen molar-refractivity contribution < 1.29 is 18.7 Å². The minimum absolute atomic E-state index is 0.151. The zero-order valence-electron chi connectivity index (χ0n) is 21.6. The topological polar surface area (TPSA) is 124 Å². The van der Waals surface area contributed by atoms with E-state index in [0.29, 0.717) is 22.6 Å². The first kappa shape index (κ1) is 27.3. The highest BCUT2D eigenvalue weighted by Crippen LogP contribution is 2.21. The van der Waals surface area contributed by atoms with Crippen molar-refractivity contribution in [3.05, 3.63) is 47.1 Å². The predicted octanol–water partition coefficient (Wildman–Crippen LogP) is 3.71. The monoisotopic (exact) mass is 514 g/mol. The molecule has 3 heterocycles. The Morgan fingerprint density at radius 3 is 2.61 bits per heavy atom. The highest BCUT2D eigenvalue weighted by molar-refractivity contribution is 7.16. The number of nitrogens with zero attached hydrogens (tertiary/aromatic N) is 4. The number of nitrogens with one attached hydrogen (secondary N) is 2. The highest BCUT2D eigenvalue weighted by Gasteiger charge is 2.24. The third-order valence-electron chi connectivity index (χ3n) is 4.78. The maximum Gasteiger partial charge on any atom is 0.249 e. The molecule has 0 spiro atoms. The number of imidazole rings is 1. The second kappa shape index (κ2) is 12.1. The van der Waals surface area contributed by atoms with Crippen LogP contribution in [0.1, 0.15) is 56.8 Å². The Labute approximate surface area is 215 Å². The molecule has 0 unspecified atom stereocenters. The third kappa shape index (κ3) is 9.04. The number of rotatable bonds is 11. The maximum atomic E-state index is 13.1. The van der Waals surface area contributed by atoms with Gasteiger partial charge in [-0.15, -0.1) is 0 Å². The summed E-state index contributed by atoms with van der Waals surface area (Å²) in [6.07, 6.45) is 11.5. The summed E-state index contributed by atoms with van der Waals surface area (Å²) < 4.78 is 13.0. The van der Waals surface area contributed by atoms with E-state index < -0.39 is 11.6 Å². The Hall–Kier alpha value is -3.31. The van der Waals surface area contributed by atoms with Crippen molar-refractivity contribution >= 4 is 40.4 Å². The van der Waals surface area contributed by atoms with Crippen LogP contribution in [0, 0.1) is 5.92 Å². The Balaban J connectivity index is 1.63. The minimum Gasteiger partial charge on any atom is -0.442 e. The van der Waals surface area contributed by atoms with Crippen LogP contribution in [0.5, 0.6) is 0 Å². The van der Waals surface area contributed by atoms with Crippen molar-refractivity contribution in [1.29, 1.82) is 0 Å². The van der Waals surface area contributed by atoms with Crippen LogP contribution >= 0.6 is 11.3 Å². The van der Waals surface area contributed by atoms with Crippen LogP contribution in [0.25, 0.3) is 12.2 Å². The summed E-state index contributed by atoms with van der Waals surface area (Å²) in [7, 11) is 1.84. The number of carbonyl (C=O) groups excluding carboxylic acids is 2. The van der Waals surface area contributed by atoms with Gasteiger partial charge in [0.2, 0.25) is 17.7 Å². The van der Waals surface area contributed by atoms with Crippen molar-refractivity contribution in [2.45, 2.75) is 59.1 Å². The van der Waals surface area contributed by atoms with Gasteiger partial charge < -0.3 is 24.4 Å². The molecule has 194 valence electrons. The van der Waals surface area contributed by atoms with Gasteiger partial charge in [0.15, 0.2) is 5.13 Å². The smallest absolute Gasteiger partial charge is 0.249 e. The lowest BCUT2D eigenvalue weighted by Crippen LogP contribution is -2.47. The molecule has 3 aromatic rings. The standard InChI is InChI=1S/C25H34N6O4S/c1-16(2)9-18-11-26-22(35-18)8-7-19-12-27-24(36-19)30-23(33)20(10-17-13-31(6)15-28-17)29-21(32)14-34-25(3,4)5/h7-8,11-13,15-16,20H,9-10,14H2,1-6H3,(H,29,32)(H,27,30,33)/b8-7+/t20-/m0/s1. The first-order valence-electron chi connectivity index (χ1n) is 11.8. The fraction of sp³-hybridized carbons (Fsp3) is 0.480. The number of oxazole rings is 1. The van der Waals surface area contributed by atoms with E-state index in [0.717, 1.165) is 17.1 Å². The van der Waals surface area contributed by atoms with Crippen LogP contribution in [0.2, 0.25) is 0 Å². The quantitative estimate of drug-likeness (QED) is 0.400. The Morgan fingerprint density at radius 2 is 1.94 bits per heavy atom. The largest absolute Gasteiger partial charge is 0.442 e. The number of hydrogen-bond acceptors (Lipinski definition) is 8. The number of aromatic nitrogens is 4. The molecule has 0 aromatic carbocycles. The average molecular weight is 515 g/mol. The molecule has 2 N–H and O–H groups in total. The van der Waals surface area contributed by atoms with E-state index in [-0.39, 0.29) is 24.8 Å². The van der Waals surface area contributed by atoms with Gasteiger partial charge >= 0.3 is 0 Å². The van der Waals surface area contributed by atoms with Crippen LogP contribution in [0.15, 0.2) is 29.3 Å². The molecule has 0 radical (unpaired) electrons. The summed E-state index contributed by atoms with van der Waals surface area (Å²) in [5.74, 6) is 1.07.